The fraction of sp³-hybridized carbons (Fsp3) is 0.556. The van der Waals surface area contributed by atoms with Gasteiger partial charge >= 0.3 is 0 Å². The van der Waals surface area contributed by atoms with Crippen LogP contribution >= 0.6 is 0 Å². The number of fused-ring (bicyclic) bond motifs is 2. The Morgan fingerprint density at radius 3 is 2.89 bits per heavy atom. The van der Waals surface area contributed by atoms with Crippen molar-refractivity contribution in [2.24, 2.45) is 11.8 Å². The molecular weight excluding hydrogens is 443 g/mol. The number of alkyl halides is 1. The van der Waals surface area contributed by atoms with Crippen LogP contribution in [0.5, 0.6) is 0 Å². The molecule has 0 aliphatic carbocycles. The molecule has 0 spiro atoms. The van der Waals surface area contributed by atoms with Crippen molar-refractivity contribution in [3.8, 4) is 11.1 Å². The van der Waals surface area contributed by atoms with Crippen LogP contribution in [0.15, 0.2) is 30.6 Å². The molecule has 1 aromatic carbocycles. The summed E-state index contributed by atoms with van der Waals surface area (Å²) in [6.07, 6.45) is 6.02. The van der Waals surface area contributed by atoms with Gasteiger partial charge in [-0.2, -0.15) is 5.10 Å². The number of ketones is 1. The highest BCUT2D eigenvalue weighted by Crippen LogP contribution is 2.29. The maximum atomic E-state index is 13.1. The number of Topliss-reactive ketones (excluding diaryl/α,β-unsaturated/α-hetero) is 1. The van der Waals surface area contributed by atoms with Gasteiger partial charge < -0.3 is 4.90 Å². The smallest absolute Gasteiger partial charge is 0.144 e. The maximum absolute atomic E-state index is 13.1. The van der Waals surface area contributed by atoms with Gasteiger partial charge in [0.1, 0.15) is 18.3 Å². The quantitative estimate of drug-likeness (QED) is 0.491. The van der Waals surface area contributed by atoms with E-state index in [2.05, 4.69) is 45.9 Å². The number of benzene rings is 1. The molecule has 2 aliphatic rings. The number of carbonyl (C=O) groups is 1. The molecule has 0 bridgehead atoms. The van der Waals surface area contributed by atoms with Gasteiger partial charge in [0, 0.05) is 55.8 Å². The standard InChI is InChI=1S/C27H35FN6O/c1-19(2)16-33-8-3-4-22(17-33)26(35)13-27-29-14-21-6-5-20(12-24(21)31-27)23-15-30-34-11-10-32(9-7-28)18-25(23)34/h5-6,12,14-15,19,22H,3-4,7-11,13,16-18H2,1-2H3. The SMILES string of the molecule is CC(C)CN1CCCC(C(=O)Cc2ncc3ccc(-c4cnn5c4CN(CCF)CC5)cc3n2)C1. The van der Waals surface area contributed by atoms with Crippen LogP contribution in [0.2, 0.25) is 0 Å². The van der Waals surface area contributed by atoms with Crippen LogP contribution in [0.4, 0.5) is 4.39 Å². The van der Waals surface area contributed by atoms with E-state index < -0.39 is 0 Å². The molecule has 0 amide bonds. The normalized spacial score (nSPS) is 19.4. The average Bonchev–Trinajstić information content (AvgIpc) is 3.27. The zero-order valence-electron chi connectivity index (χ0n) is 20.8. The molecule has 2 aliphatic heterocycles. The van der Waals surface area contributed by atoms with E-state index in [1.807, 2.05) is 23.1 Å². The zero-order valence-corrected chi connectivity index (χ0v) is 20.8. The Hall–Kier alpha value is -2.71. The number of hydrogen-bond acceptors (Lipinski definition) is 6. The van der Waals surface area contributed by atoms with Gasteiger partial charge in [0.25, 0.3) is 0 Å². The minimum absolute atomic E-state index is 0.0688. The topological polar surface area (TPSA) is 67.2 Å². The lowest BCUT2D eigenvalue weighted by molar-refractivity contribution is -0.124. The van der Waals surface area contributed by atoms with Crippen molar-refractivity contribution in [1.82, 2.24) is 29.5 Å². The van der Waals surface area contributed by atoms with Gasteiger partial charge in [-0.05, 0) is 36.9 Å². The molecule has 186 valence electrons. The van der Waals surface area contributed by atoms with E-state index in [1.165, 1.54) is 0 Å². The van der Waals surface area contributed by atoms with Crippen LogP contribution in [-0.4, -0.2) is 74.7 Å². The molecule has 1 atom stereocenters. The monoisotopic (exact) mass is 478 g/mol. The Morgan fingerprint density at radius 1 is 1.17 bits per heavy atom. The number of rotatable bonds is 8. The number of halogens is 1. The van der Waals surface area contributed by atoms with E-state index in [0.717, 1.165) is 73.3 Å². The molecule has 1 saturated heterocycles. The molecule has 5 rings (SSSR count). The Balaban J connectivity index is 1.33. The van der Waals surface area contributed by atoms with E-state index in [1.54, 1.807) is 0 Å². The number of likely N-dealkylation sites (tertiary alicyclic amines) is 1. The van der Waals surface area contributed by atoms with Crippen LogP contribution in [-0.2, 0) is 24.3 Å². The zero-order chi connectivity index (χ0) is 24.4. The van der Waals surface area contributed by atoms with E-state index >= 15 is 0 Å². The second kappa shape index (κ2) is 10.5. The summed E-state index contributed by atoms with van der Waals surface area (Å²) >= 11 is 0. The number of piperidine rings is 1. The first kappa shape index (κ1) is 24.0. The molecule has 3 aromatic rings. The van der Waals surface area contributed by atoms with Gasteiger partial charge in [-0.25, -0.2) is 14.4 Å². The van der Waals surface area contributed by atoms with Gasteiger partial charge in [-0.15, -0.1) is 0 Å². The second-order valence-electron chi connectivity index (χ2n) is 10.4. The van der Waals surface area contributed by atoms with Crippen molar-refractivity contribution in [3.05, 3.63) is 42.1 Å². The van der Waals surface area contributed by atoms with Crippen molar-refractivity contribution in [3.63, 3.8) is 0 Å². The van der Waals surface area contributed by atoms with Crippen LogP contribution in [0.3, 0.4) is 0 Å². The minimum atomic E-state index is -0.339. The molecular formula is C27H35FN6O. The summed E-state index contributed by atoms with van der Waals surface area (Å²) in [4.78, 5) is 26.9. The molecule has 0 radical (unpaired) electrons. The summed E-state index contributed by atoms with van der Waals surface area (Å²) < 4.78 is 14.9. The predicted molar refractivity (Wildman–Crippen MR) is 135 cm³/mol. The van der Waals surface area contributed by atoms with Crippen LogP contribution in [0, 0.1) is 11.8 Å². The van der Waals surface area contributed by atoms with Crippen molar-refractivity contribution in [2.75, 3.05) is 39.4 Å². The number of hydrogen-bond donors (Lipinski definition) is 0. The van der Waals surface area contributed by atoms with Crippen molar-refractivity contribution in [1.29, 1.82) is 0 Å². The fourth-order valence-electron chi connectivity index (χ4n) is 5.46. The average molecular weight is 479 g/mol. The molecule has 4 heterocycles. The molecule has 35 heavy (non-hydrogen) atoms. The fourth-order valence-corrected chi connectivity index (χ4v) is 5.46. The molecule has 0 saturated carbocycles. The molecule has 7 nitrogen and oxygen atoms in total. The first-order chi connectivity index (χ1) is 17.0. The molecule has 0 N–H and O–H groups in total. The number of aromatic nitrogens is 4. The van der Waals surface area contributed by atoms with Crippen molar-refractivity contribution in [2.45, 2.75) is 46.2 Å². The van der Waals surface area contributed by atoms with E-state index in [0.29, 0.717) is 24.8 Å². The summed E-state index contributed by atoms with van der Waals surface area (Å²) in [6, 6.07) is 6.14. The molecule has 1 fully saturated rings. The van der Waals surface area contributed by atoms with E-state index in [-0.39, 0.29) is 24.8 Å². The van der Waals surface area contributed by atoms with Gasteiger partial charge in [0.15, 0.2) is 0 Å². The lowest BCUT2D eigenvalue weighted by atomic mass is 9.91. The van der Waals surface area contributed by atoms with Crippen LogP contribution in [0.25, 0.3) is 22.0 Å². The molecule has 1 unspecified atom stereocenters. The largest absolute Gasteiger partial charge is 0.302 e. The van der Waals surface area contributed by atoms with Crippen molar-refractivity contribution < 1.29 is 9.18 Å². The molecule has 8 heteroatoms. The summed E-state index contributed by atoms with van der Waals surface area (Å²) in [7, 11) is 0. The highest BCUT2D eigenvalue weighted by molar-refractivity contribution is 5.86. The summed E-state index contributed by atoms with van der Waals surface area (Å²) in [5.74, 6) is 1.51. The lowest BCUT2D eigenvalue weighted by Crippen LogP contribution is -2.40. The van der Waals surface area contributed by atoms with Crippen molar-refractivity contribution >= 4 is 16.7 Å². The summed E-state index contributed by atoms with van der Waals surface area (Å²) in [5, 5.41) is 5.50. The highest BCUT2D eigenvalue weighted by atomic mass is 19.1. The third kappa shape index (κ3) is 5.43. The second-order valence-corrected chi connectivity index (χ2v) is 10.4. The Kier molecular flexibility index (Phi) is 7.20. The van der Waals surface area contributed by atoms with Gasteiger partial charge in [0.05, 0.1) is 30.4 Å². The van der Waals surface area contributed by atoms with Crippen LogP contribution in [0.1, 0.15) is 38.2 Å². The van der Waals surface area contributed by atoms with E-state index in [4.69, 9.17) is 4.98 Å². The third-order valence-corrected chi connectivity index (χ3v) is 7.21. The van der Waals surface area contributed by atoms with Gasteiger partial charge in [-0.1, -0.05) is 26.0 Å². The first-order valence-corrected chi connectivity index (χ1v) is 12.8. The number of carbonyl (C=O) groups excluding carboxylic acids is 1. The van der Waals surface area contributed by atoms with Gasteiger partial charge in [0.2, 0.25) is 0 Å². The highest BCUT2D eigenvalue weighted by Gasteiger charge is 2.27. The maximum Gasteiger partial charge on any atom is 0.144 e. The predicted octanol–water partition coefficient (Wildman–Crippen LogP) is 3.76. The Labute approximate surface area is 206 Å². The number of nitrogens with zero attached hydrogens (tertiary/aromatic N) is 6. The third-order valence-electron chi connectivity index (χ3n) is 7.21. The van der Waals surface area contributed by atoms with Crippen LogP contribution < -0.4 is 0 Å². The Bertz CT molecular complexity index is 1190. The Morgan fingerprint density at radius 2 is 2.06 bits per heavy atom. The first-order valence-electron chi connectivity index (χ1n) is 12.8. The minimum Gasteiger partial charge on any atom is -0.302 e. The van der Waals surface area contributed by atoms with Gasteiger partial charge in [-0.3, -0.25) is 14.4 Å². The van der Waals surface area contributed by atoms with E-state index in [9.17, 15) is 9.18 Å². The molecule has 2 aromatic heterocycles. The lowest BCUT2D eigenvalue weighted by Gasteiger charge is -2.33. The summed E-state index contributed by atoms with van der Waals surface area (Å²) in [5.41, 5.74) is 4.03. The summed E-state index contributed by atoms with van der Waals surface area (Å²) in [6.45, 7) is 9.81.